The molecule has 1 N–H and O–H groups in total. The monoisotopic (exact) mass is 189 g/mol. The van der Waals surface area contributed by atoms with Crippen LogP contribution in [0.5, 0.6) is 0 Å². The lowest BCUT2D eigenvalue weighted by molar-refractivity contribution is -0.118. The third-order valence-electron chi connectivity index (χ3n) is 1.99. The van der Waals surface area contributed by atoms with Gasteiger partial charge < -0.3 is 10.1 Å². The van der Waals surface area contributed by atoms with E-state index in [0.29, 0.717) is 5.92 Å². The molecular weight excluding hydrogens is 174 g/mol. The maximum absolute atomic E-state index is 10.8. The van der Waals surface area contributed by atoms with Crippen LogP contribution in [-0.2, 0) is 9.53 Å². The summed E-state index contributed by atoms with van der Waals surface area (Å²) in [6.07, 6.45) is 2.27. The third-order valence-corrected chi connectivity index (χ3v) is 2.27. The van der Waals surface area contributed by atoms with Gasteiger partial charge in [0, 0.05) is 13.2 Å². The van der Waals surface area contributed by atoms with Gasteiger partial charge in [-0.15, -0.1) is 0 Å². The molecule has 0 aliphatic carbocycles. The molecule has 4 heteroatoms. The van der Waals surface area contributed by atoms with Gasteiger partial charge in [0.05, 0.1) is 12.4 Å². The molecule has 0 spiro atoms. The smallest absolute Gasteiger partial charge is 0.229 e. The van der Waals surface area contributed by atoms with Crippen molar-refractivity contribution in [2.45, 2.75) is 12.8 Å². The van der Waals surface area contributed by atoms with Gasteiger partial charge >= 0.3 is 0 Å². The average molecular weight is 189 g/mol. The molecule has 1 saturated heterocycles. The van der Waals surface area contributed by atoms with E-state index in [1.54, 1.807) is 0 Å². The Kier molecular flexibility index (Phi) is 4.46. The lowest BCUT2D eigenvalue weighted by atomic mass is 10.0. The number of hydrogen-bond acceptors (Lipinski definition) is 3. The zero-order valence-corrected chi connectivity index (χ0v) is 7.98. The van der Waals surface area contributed by atoms with E-state index in [2.05, 4.69) is 17.9 Å². The summed E-state index contributed by atoms with van der Waals surface area (Å²) >= 11 is 3.87. The molecule has 0 bridgehead atoms. The number of carbonyl (C=O) groups excluding carboxylic acids is 1. The lowest BCUT2D eigenvalue weighted by Crippen LogP contribution is -2.33. The topological polar surface area (TPSA) is 38.3 Å². The second kappa shape index (κ2) is 5.43. The predicted octanol–water partition coefficient (Wildman–Crippen LogP) is 0.459. The van der Waals surface area contributed by atoms with Crippen molar-refractivity contribution in [2.24, 2.45) is 5.92 Å². The van der Waals surface area contributed by atoms with E-state index in [9.17, 15) is 4.79 Å². The Morgan fingerprint density at radius 3 is 3.08 bits per heavy atom. The first-order valence-electron chi connectivity index (χ1n) is 4.28. The Hall–Kier alpha value is -0.220. The molecule has 0 radical (unpaired) electrons. The van der Waals surface area contributed by atoms with Crippen LogP contribution in [0.25, 0.3) is 0 Å². The van der Waals surface area contributed by atoms with Gasteiger partial charge in [0.15, 0.2) is 0 Å². The van der Waals surface area contributed by atoms with Crippen LogP contribution in [0, 0.1) is 5.92 Å². The Bertz CT molecular complexity index is 146. The van der Waals surface area contributed by atoms with Crippen molar-refractivity contribution in [1.82, 2.24) is 5.32 Å². The molecule has 1 heterocycles. The van der Waals surface area contributed by atoms with E-state index in [1.165, 1.54) is 0 Å². The molecule has 1 aliphatic heterocycles. The van der Waals surface area contributed by atoms with Crippen LogP contribution in [-0.4, -0.2) is 31.4 Å². The molecule has 3 nitrogen and oxygen atoms in total. The first kappa shape index (κ1) is 9.86. The van der Waals surface area contributed by atoms with E-state index in [-0.39, 0.29) is 11.7 Å². The van der Waals surface area contributed by atoms with Crippen molar-refractivity contribution in [1.29, 1.82) is 0 Å². The molecule has 70 valence electrons. The second-order valence-corrected chi connectivity index (χ2v) is 3.36. The Morgan fingerprint density at radius 1 is 1.67 bits per heavy atom. The maximum atomic E-state index is 10.8. The standard InChI is InChI=1S/C8H15NO2S/c10-8(6-12)9-4-7-2-1-3-11-5-7/h7,12H,1-6H2,(H,9,10). The summed E-state index contributed by atoms with van der Waals surface area (Å²) in [5.41, 5.74) is 0. The maximum Gasteiger partial charge on any atom is 0.229 e. The van der Waals surface area contributed by atoms with Gasteiger partial charge in [-0.2, -0.15) is 12.6 Å². The predicted molar refractivity (Wildman–Crippen MR) is 50.4 cm³/mol. The summed E-state index contributed by atoms with van der Waals surface area (Å²) in [6.45, 7) is 2.39. The molecule has 0 aromatic rings. The second-order valence-electron chi connectivity index (χ2n) is 3.05. The van der Waals surface area contributed by atoms with Gasteiger partial charge in [-0.3, -0.25) is 4.79 Å². The Labute approximate surface area is 78.3 Å². The molecule has 1 fully saturated rings. The fourth-order valence-corrected chi connectivity index (χ4v) is 1.39. The van der Waals surface area contributed by atoms with Crippen molar-refractivity contribution in [3.8, 4) is 0 Å². The van der Waals surface area contributed by atoms with Crippen molar-refractivity contribution in [3.63, 3.8) is 0 Å². The number of rotatable bonds is 3. The first-order valence-corrected chi connectivity index (χ1v) is 4.91. The van der Waals surface area contributed by atoms with Gasteiger partial charge in [0.2, 0.25) is 5.91 Å². The fourth-order valence-electron chi connectivity index (χ4n) is 1.28. The van der Waals surface area contributed by atoms with E-state index >= 15 is 0 Å². The fraction of sp³-hybridized carbons (Fsp3) is 0.875. The average Bonchev–Trinajstić information content (AvgIpc) is 2.16. The van der Waals surface area contributed by atoms with Crippen LogP contribution in [0.1, 0.15) is 12.8 Å². The number of thiol groups is 1. The van der Waals surface area contributed by atoms with Gasteiger partial charge in [0.1, 0.15) is 0 Å². The van der Waals surface area contributed by atoms with Crippen LogP contribution in [0.2, 0.25) is 0 Å². The molecule has 0 aromatic heterocycles. The van der Waals surface area contributed by atoms with Crippen LogP contribution >= 0.6 is 12.6 Å². The minimum atomic E-state index is 0.00362. The number of amides is 1. The quantitative estimate of drug-likeness (QED) is 0.633. The van der Waals surface area contributed by atoms with Crippen LogP contribution < -0.4 is 5.32 Å². The van der Waals surface area contributed by atoms with Gasteiger partial charge in [-0.05, 0) is 18.8 Å². The van der Waals surface area contributed by atoms with Crippen molar-refractivity contribution in [2.75, 3.05) is 25.5 Å². The highest BCUT2D eigenvalue weighted by molar-refractivity contribution is 7.81. The first-order chi connectivity index (χ1) is 5.83. The third kappa shape index (κ3) is 3.45. The van der Waals surface area contributed by atoms with Crippen molar-refractivity contribution in [3.05, 3.63) is 0 Å². The molecule has 1 aliphatic rings. The summed E-state index contributed by atoms with van der Waals surface area (Å²) in [5, 5.41) is 2.81. The number of hydrogen-bond donors (Lipinski definition) is 2. The van der Waals surface area contributed by atoms with E-state index in [1.807, 2.05) is 0 Å². The minimum Gasteiger partial charge on any atom is -0.381 e. The number of carbonyl (C=O) groups is 1. The van der Waals surface area contributed by atoms with Gasteiger partial charge in [-0.25, -0.2) is 0 Å². The summed E-state index contributed by atoms with van der Waals surface area (Å²) in [7, 11) is 0. The highest BCUT2D eigenvalue weighted by atomic mass is 32.1. The van der Waals surface area contributed by atoms with Crippen LogP contribution in [0.15, 0.2) is 0 Å². The highest BCUT2D eigenvalue weighted by Crippen LogP contribution is 2.11. The summed E-state index contributed by atoms with van der Waals surface area (Å²) in [5.74, 6) is 0.777. The SMILES string of the molecule is O=C(CS)NCC1CCCOC1. The summed E-state index contributed by atoms with van der Waals surface area (Å²) in [6, 6.07) is 0. The lowest BCUT2D eigenvalue weighted by Gasteiger charge is -2.21. The Morgan fingerprint density at radius 2 is 2.50 bits per heavy atom. The van der Waals surface area contributed by atoms with Gasteiger partial charge in [0.25, 0.3) is 0 Å². The molecule has 1 rings (SSSR count). The molecular formula is C8H15NO2S. The highest BCUT2D eigenvalue weighted by Gasteiger charge is 2.13. The number of nitrogens with one attached hydrogen (secondary N) is 1. The Balaban J connectivity index is 2.09. The van der Waals surface area contributed by atoms with Crippen molar-refractivity contribution < 1.29 is 9.53 Å². The molecule has 1 amide bonds. The molecule has 0 aromatic carbocycles. The zero-order valence-electron chi connectivity index (χ0n) is 7.08. The van der Waals surface area contributed by atoms with Crippen molar-refractivity contribution >= 4 is 18.5 Å². The minimum absolute atomic E-state index is 0.00362. The van der Waals surface area contributed by atoms with Gasteiger partial charge in [-0.1, -0.05) is 0 Å². The largest absolute Gasteiger partial charge is 0.381 e. The zero-order chi connectivity index (χ0) is 8.81. The number of ether oxygens (including phenoxy) is 1. The summed E-state index contributed by atoms with van der Waals surface area (Å²) < 4.78 is 5.28. The molecule has 12 heavy (non-hydrogen) atoms. The summed E-state index contributed by atoms with van der Waals surface area (Å²) in [4.78, 5) is 10.8. The molecule has 0 saturated carbocycles. The van der Waals surface area contributed by atoms with Crippen LogP contribution in [0.3, 0.4) is 0 Å². The van der Waals surface area contributed by atoms with E-state index in [0.717, 1.165) is 32.6 Å². The molecule has 1 atom stereocenters. The van der Waals surface area contributed by atoms with Crippen LogP contribution in [0.4, 0.5) is 0 Å². The molecule has 1 unspecified atom stereocenters. The van der Waals surface area contributed by atoms with E-state index in [4.69, 9.17) is 4.74 Å². The normalized spacial score (nSPS) is 23.6. The van der Waals surface area contributed by atoms with E-state index < -0.39 is 0 Å².